The van der Waals surface area contributed by atoms with E-state index in [-0.39, 0.29) is 0 Å². The van der Waals surface area contributed by atoms with Crippen molar-refractivity contribution in [3.63, 3.8) is 0 Å². The lowest BCUT2D eigenvalue weighted by atomic mass is 10.0. The van der Waals surface area contributed by atoms with Crippen molar-refractivity contribution in [3.05, 3.63) is 53.9 Å². The molecule has 1 N–H and O–H groups in total. The van der Waals surface area contributed by atoms with Crippen molar-refractivity contribution in [3.8, 4) is 17.1 Å². The van der Waals surface area contributed by atoms with Gasteiger partial charge in [0.2, 0.25) is 0 Å². The first-order valence-electron chi connectivity index (χ1n) is 9.74. The summed E-state index contributed by atoms with van der Waals surface area (Å²) < 4.78 is 51.2. The quantitative estimate of drug-likeness (QED) is 0.791. The Morgan fingerprint density at radius 3 is 2.61 bits per heavy atom. The molecule has 0 atom stereocenters. The van der Waals surface area contributed by atoms with E-state index in [1.165, 1.54) is 19.4 Å². The molecule has 1 aromatic carbocycles. The molecule has 0 radical (unpaired) electrons. The van der Waals surface area contributed by atoms with Crippen molar-refractivity contribution < 1.29 is 22.6 Å². The van der Waals surface area contributed by atoms with Gasteiger partial charge in [0.15, 0.2) is 0 Å². The number of rotatable bonds is 4. The molecule has 0 spiro atoms. The molecule has 164 valence electrons. The summed E-state index contributed by atoms with van der Waals surface area (Å²) in [7, 11) is 1.53. The van der Waals surface area contributed by atoms with Crippen LogP contribution in [0.15, 0.2) is 48.3 Å². The summed E-state index contributed by atoms with van der Waals surface area (Å²) in [5.74, 6) is 0.393. The number of morpholine rings is 1. The lowest BCUT2D eigenvalue weighted by molar-refractivity contribution is -0.0942. The van der Waals surface area contributed by atoms with Crippen molar-refractivity contribution in [2.75, 3.05) is 43.3 Å². The highest BCUT2D eigenvalue weighted by Crippen LogP contribution is 2.36. The van der Waals surface area contributed by atoms with Gasteiger partial charge in [-0.1, -0.05) is 6.07 Å². The monoisotopic (exact) mass is 433 g/mol. The molecule has 7 nitrogen and oxygen atoms in total. The summed E-state index contributed by atoms with van der Waals surface area (Å²) >= 11 is 0. The van der Waals surface area contributed by atoms with Gasteiger partial charge in [-0.05, 0) is 42.8 Å². The first-order valence-corrected chi connectivity index (χ1v) is 9.74. The lowest BCUT2D eigenvalue weighted by Crippen LogP contribution is -2.41. The van der Waals surface area contributed by atoms with E-state index in [4.69, 9.17) is 9.47 Å². The zero-order chi connectivity index (χ0) is 22.0. The summed E-state index contributed by atoms with van der Waals surface area (Å²) in [5.41, 5.74) is 5.05. The first kappa shape index (κ1) is 21.0. The maximum Gasteiger partial charge on any atom is 0.433 e. The molecule has 0 aliphatic carbocycles. The van der Waals surface area contributed by atoms with Gasteiger partial charge in [-0.3, -0.25) is 5.01 Å². The average Bonchev–Trinajstić information content (AvgIpc) is 2.79. The van der Waals surface area contributed by atoms with E-state index < -0.39 is 11.9 Å². The molecule has 2 aliphatic rings. The predicted molar refractivity (Wildman–Crippen MR) is 111 cm³/mol. The van der Waals surface area contributed by atoms with Gasteiger partial charge in [-0.2, -0.15) is 13.2 Å². The van der Waals surface area contributed by atoms with Crippen LogP contribution in [-0.4, -0.2) is 49.8 Å². The van der Waals surface area contributed by atoms with Gasteiger partial charge < -0.3 is 19.8 Å². The highest BCUT2D eigenvalue weighted by molar-refractivity contribution is 5.73. The van der Waals surface area contributed by atoms with Gasteiger partial charge in [-0.15, -0.1) is 10.2 Å². The van der Waals surface area contributed by atoms with Gasteiger partial charge in [0.1, 0.15) is 11.4 Å². The van der Waals surface area contributed by atoms with Crippen LogP contribution in [0.5, 0.6) is 5.88 Å². The predicted octanol–water partition coefficient (Wildman–Crippen LogP) is 3.58. The molecule has 31 heavy (non-hydrogen) atoms. The summed E-state index contributed by atoms with van der Waals surface area (Å²) in [5, 5.41) is 9.47. The standard InChI is InChI=1S/C21H22F3N5O2/c1-14-5-6-15(29-19(21(22,23)24)4-3-7-25-29)12-16(14)17-13-18(20(30-2)27-26-17)28-8-10-31-11-9-28/h3-7,12-13,25H,8-11H2,1-2H3. The number of hydrogen-bond acceptors (Lipinski definition) is 7. The maximum atomic E-state index is 13.5. The number of nitrogens with one attached hydrogen (secondary N) is 1. The fourth-order valence-electron chi connectivity index (χ4n) is 3.54. The molecule has 1 saturated heterocycles. The van der Waals surface area contributed by atoms with Crippen molar-refractivity contribution >= 4 is 11.4 Å². The van der Waals surface area contributed by atoms with Crippen LogP contribution in [0, 0.1) is 6.92 Å². The van der Waals surface area contributed by atoms with Crippen LogP contribution >= 0.6 is 0 Å². The Morgan fingerprint density at radius 2 is 1.90 bits per heavy atom. The molecule has 2 aliphatic heterocycles. The van der Waals surface area contributed by atoms with Crippen LogP contribution in [-0.2, 0) is 4.74 Å². The van der Waals surface area contributed by atoms with Crippen LogP contribution in [0.25, 0.3) is 11.3 Å². The molecule has 0 saturated carbocycles. The van der Waals surface area contributed by atoms with E-state index in [2.05, 4.69) is 20.5 Å². The SMILES string of the molecule is COc1nnc(-c2cc(N3NC=CC=C3C(F)(F)F)ccc2C)cc1N1CCOCC1. The number of alkyl halides is 3. The van der Waals surface area contributed by atoms with E-state index in [0.717, 1.165) is 22.3 Å². The van der Waals surface area contributed by atoms with Gasteiger partial charge in [0.05, 0.1) is 31.7 Å². The van der Waals surface area contributed by atoms with Crippen molar-refractivity contribution in [2.24, 2.45) is 0 Å². The zero-order valence-corrected chi connectivity index (χ0v) is 17.1. The van der Waals surface area contributed by atoms with Crippen LogP contribution in [0.3, 0.4) is 0 Å². The second-order valence-corrected chi connectivity index (χ2v) is 7.10. The number of methoxy groups -OCH3 is 1. The van der Waals surface area contributed by atoms with Crippen LogP contribution in [0.4, 0.5) is 24.5 Å². The van der Waals surface area contributed by atoms with E-state index in [1.807, 2.05) is 13.0 Å². The Hall–Kier alpha value is -3.27. The number of hydrazine groups is 1. The molecule has 2 aromatic rings. The smallest absolute Gasteiger partial charge is 0.433 e. The van der Waals surface area contributed by atoms with Gasteiger partial charge >= 0.3 is 6.18 Å². The average molecular weight is 433 g/mol. The number of ether oxygens (including phenoxy) is 2. The molecular formula is C21H22F3N5O2. The Kier molecular flexibility index (Phi) is 5.73. The minimum atomic E-state index is -4.51. The van der Waals surface area contributed by atoms with Gasteiger partial charge in [-0.25, -0.2) is 0 Å². The van der Waals surface area contributed by atoms with Crippen molar-refractivity contribution in [2.45, 2.75) is 13.1 Å². The molecule has 10 heteroatoms. The van der Waals surface area contributed by atoms with Gasteiger partial charge in [0.25, 0.3) is 5.88 Å². The van der Waals surface area contributed by atoms with Crippen molar-refractivity contribution in [1.29, 1.82) is 0 Å². The van der Waals surface area contributed by atoms with Crippen molar-refractivity contribution in [1.82, 2.24) is 15.6 Å². The zero-order valence-electron chi connectivity index (χ0n) is 17.1. The molecule has 0 amide bonds. The minimum Gasteiger partial charge on any atom is -0.478 e. The molecule has 1 fully saturated rings. The number of aryl methyl sites for hydroxylation is 1. The summed E-state index contributed by atoms with van der Waals surface area (Å²) in [4.78, 5) is 2.10. The number of nitrogens with zero attached hydrogens (tertiary/aromatic N) is 4. The number of benzene rings is 1. The van der Waals surface area contributed by atoms with E-state index in [9.17, 15) is 13.2 Å². The third-order valence-electron chi connectivity index (χ3n) is 5.13. The van der Waals surface area contributed by atoms with Gasteiger partial charge in [0, 0.05) is 24.9 Å². The summed E-state index contributed by atoms with van der Waals surface area (Å²) in [6.07, 6.45) is -0.720. The largest absolute Gasteiger partial charge is 0.478 e. The third kappa shape index (κ3) is 4.29. The third-order valence-corrected chi connectivity index (χ3v) is 5.13. The number of anilines is 2. The maximum absolute atomic E-state index is 13.5. The Balaban J connectivity index is 1.74. The Bertz CT molecular complexity index is 1020. The fourth-order valence-corrected chi connectivity index (χ4v) is 3.54. The van der Waals surface area contributed by atoms with E-state index >= 15 is 0 Å². The normalized spacial score (nSPS) is 16.7. The highest BCUT2D eigenvalue weighted by atomic mass is 19.4. The molecule has 0 bridgehead atoms. The number of halogens is 3. The second-order valence-electron chi connectivity index (χ2n) is 7.10. The first-order chi connectivity index (χ1) is 14.9. The van der Waals surface area contributed by atoms with E-state index in [1.54, 1.807) is 18.2 Å². The van der Waals surface area contributed by atoms with Crippen LogP contribution in [0.1, 0.15) is 5.56 Å². The van der Waals surface area contributed by atoms with E-state index in [0.29, 0.717) is 49.1 Å². The molecule has 1 aromatic heterocycles. The minimum absolute atomic E-state index is 0.332. The highest BCUT2D eigenvalue weighted by Gasteiger charge is 2.39. The molecule has 4 rings (SSSR count). The Morgan fingerprint density at radius 1 is 1.13 bits per heavy atom. The van der Waals surface area contributed by atoms with Crippen LogP contribution in [0.2, 0.25) is 0 Å². The number of hydrogen-bond donors (Lipinski definition) is 1. The summed E-state index contributed by atoms with van der Waals surface area (Å²) in [6.45, 7) is 4.43. The number of allylic oxidation sites excluding steroid dienone is 3. The fraction of sp³-hybridized carbons (Fsp3) is 0.333. The number of aromatic nitrogens is 2. The Labute approximate surface area is 177 Å². The molecule has 0 unspecified atom stereocenters. The molecule has 3 heterocycles. The topological polar surface area (TPSA) is 62.8 Å². The summed E-state index contributed by atoms with van der Waals surface area (Å²) in [6, 6.07) is 6.91. The molecular weight excluding hydrogens is 411 g/mol. The van der Waals surface area contributed by atoms with Crippen LogP contribution < -0.4 is 20.1 Å². The lowest BCUT2D eigenvalue weighted by Gasteiger charge is -2.31. The second kappa shape index (κ2) is 8.46.